The first-order chi connectivity index (χ1) is 16.5. The highest BCUT2D eigenvalue weighted by Crippen LogP contribution is 2.23. The Morgan fingerprint density at radius 1 is 1.03 bits per heavy atom. The molecule has 0 aliphatic rings. The number of nitrogens with zero attached hydrogens (tertiary/aromatic N) is 2. The molecule has 1 heterocycles. The van der Waals surface area contributed by atoms with Crippen molar-refractivity contribution in [3.05, 3.63) is 93.7 Å². The van der Waals surface area contributed by atoms with E-state index in [2.05, 4.69) is 15.8 Å². The fourth-order valence-corrected chi connectivity index (χ4v) is 4.22. The molecule has 0 aliphatic heterocycles. The van der Waals surface area contributed by atoms with Gasteiger partial charge in [0.05, 0.1) is 35.0 Å². The molecule has 34 heavy (non-hydrogen) atoms. The van der Waals surface area contributed by atoms with Gasteiger partial charge in [-0.3, -0.25) is 29.8 Å². The molecule has 172 valence electrons. The quantitative estimate of drug-likeness (QED) is 0.241. The molecule has 0 atom stereocenters. The van der Waals surface area contributed by atoms with Crippen LogP contribution in [0.2, 0.25) is 5.02 Å². The molecule has 0 saturated heterocycles. The lowest BCUT2D eigenvalue weighted by atomic mass is 10.2. The van der Waals surface area contributed by atoms with Crippen molar-refractivity contribution in [1.82, 2.24) is 20.4 Å². The van der Waals surface area contributed by atoms with Gasteiger partial charge in [0.2, 0.25) is 5.91 Å². The molecule has 0 radical (unpaired) electrons. The van der Waals surface area contributed by atoms with Crippen LogP contribution in [0, 0.1) is 0 Å². The average Bonchev–Trinajstić information content (AvgIpc) is 2.86. The molecule has 0 unspecified atom stereocenters. The van der Waals surface area contributed by atoms with Gasteiger partial charge in [0.1, 0.15) is 5.75 Å². The number of halogens is 1. The van der Waals surface area contributed by atoms with Crippen molar-refractivity contribution in [2.45, 2.75) is 5.16 Å². The summed E-state index contributed by atoms with van der Waals surface area (Å²) in [6.07, 6.45) is 0. The molecule has 8 nitrogen and oxygen atoms in total. The largest absolute Gasteiger partial charge is 0.496 e. The van der Waals surface area contributed by atoms with Crippen molar-refractivity contribution in [2.75, 3.05) is 12.9 Å². The molecule has 4 rings (SSSR count). The smallest absolute Gasteiger partial charge is 0.273 e. The number of nitrogens with one attached hydrogen (secondary N) is 2. The number of carbonyl (C=O) groups excluding carboxylic acids is 2. The third kappa shape index (κ3) is 5.05. The molecule has 2 N–H and O–H groups in total. The molecular weight excluding hydrogens is 476 g/mol. The Hall–Kier alpha value is -3.82. The normalized spacial score (nSPS) is 10.6. The lowest BCUT2D eigenvalue weighted by molar-refractivity contribution is -0.119. The number of carbonyl (C=O) groups is 2. The highest BCUT2D eigenvalue weighted by Gasteiger charge is 2.16. The number of ether oxygens (including phenoxy) is 1. The second-order valence-electron chi connectivity index (χ2n) is 7.02. The topological polar surface area (TPSA) is 102 Å². The zero-order chi connectivity index (χ0) is 24.1. The summed E-state index contributed by atoms with van der Waals surface area (Å²) >= 11 is 7.04. The van der Waals surface area contributed by atoms with Crippen molar-refractivity contribution < 1.29 is 14.3 Å². The van der Waals surface area contributed by atoms with E-state index in [9.17, 15) is 14.4 Å². The standard InChI is InChI=1S/C24H19ClN4O4S/c1-33-20-12-11-15(25)13-18(20)22(31)28-27-21(30)14-34-24-26-19-10-6-5-9-17(19)23(32)29(24)16-7-3-2-4-8-16/h2-13H,14H2,1H3,(H,27,30)(H,28,31). The number of rotatable bonds is 6. The van der Waals surface area contributed by atoms with Crippen LogP contribution in [0.4, 0.5) is 0 Å². The molecule has 4 aromatic rings. The third-order valence-corrected chi connectivity index (χ3v) is 5.99. The molecule has 3 aromatic carbocycles. The van der Waals surface area contributed by atoms with Crippen LogP contribution in [0.5, 0.6) is 5.75 Å². The Balaban J connectivity index is 1.51. The van der Waals surface area contributed by atoms with E-state index in [-0.39, 0.29) is 16.9 Å². The number of fused-ring (bicyclic) bond motifs is 1. The van der Waals surface area contributed by atoms with Crippen LogP contribution in [0.15, 0.2) is 82.7 Å². The number of hydrogen-bond donors (Lipinski definition) is 2. The van der Waals surface area contributed by atoms with Crippen LogP contribution in [-0.2, 0) is 4.79 Å². The number of aromatic nitrogens is 2. The number of methoxy groups -OCH3 is 1. The maximum absolute atomic E-state index is 13.2. The minimum absolute atomic E-state index is 0.0927. The van der Waals surface area contributed by atoms with Crippen molar-refractivity contribution in [3.8, 4) is 11.4 Å². The zero-order valence-electron chi connectivity index (χ0n) is 17.9. The van der Waals surface area contributed by atoms with Crippen LogP contribution in [0.25, 0.3) is 16.6 Å². The van der Waals surface area contributed by atoms with E-state index in [1.807, 2.05) is 18.2 Å². The Bertz CT molecular complexity index is 1430. The number of hydrazine groups is 1. The summed E-state index contributed by atoms with van der Waals surface area (Å²) < 4.78 is 6.63. The summed E-state index contributed by atoms with van der Waals surface area (Å²) in [5.41, 5.74) is 5.81. The highest BCUT2D eigenvalue weighted by molar-refractivity contribution is 7.99. The molecule has 0 aliphatic carbocycles. The Kier molecular flexibility index (Phi) is 7.15. The fourth-order valence-electron chi connectivity index (χ4n) is 3.23. The van der Waals surface area contributed by atoms with Gasteiger partial charge in [0.15, 0.2) is 5.16 Å². The van der Waals surface area contributed by atoms with Crippen LogP contribution in [0.3, 0.4) is 0 Å². The fraction of sp³-hybridized carbons (Fsp3) is 0.0833. The Morgan fingerprint density at radius 3 is 2.53 bits per heavy atom. The van der Waals surface area contributed by atoms with E-state index in [4.69, 9.17) is 16.3 Å². The second kappa shape index (κ2) is 10.4. The van der Waals surface area contributed by atoms with Gasteiger partial charge in [-0.15, -0.1) is 0 Å². The predicted molar refractivity (Wildman–Crippen MR) is 132 cm³/mol. The molecule has 10 heteroatoms. The van der Waals surface area contributed by atoms with E-state index >= 15 is 0 Å². The number of hydrogen-bond acceptors (Lipinski definition) is 6. The van der Waals surface area contributed by atoms with Crippen LogP contribution in [0.1, 0.15) is 10.4 Å². The number of thioether (sulfide) groups is 1. The Morgan fingerprint density at radius 2 is 1.76 bits per heavy atom. The van der Waals surface area contributed by atoms with Gasteiger partial charge in [0.25, 0.3) is 11.5 Å². The first kappa shape index (κ1) is 23.3. The summed E-state index contributed by atoms with van der Waals surface area (Å²) in [7, 11) is 1.43. The summed E-state index contributed by atoms with van der Waals surface area (Å²) in [6.45, 7) is 0. The maximum atomic E-state index is 13.2. The van der Waals surface area contributed by atoms with E-state index in [1.165, 1.54) is 17.7 Å². The first-order valence-electron chi connectivity index (χ1n) is 10.1. The van der Waals surface area contributed by atoms with E-state index < -0.39 is 11.8 Å². The molecule has 0 fully saturated rings. The SMILES string of the molecule is COc1ccc(Cl)cc1C(=O)NNC(=O)CSc1nc2ccccc2c(=O)n1-c1ccccc1. The monoisotopic (exact) mass is 494 g/mol. The number of benzene rings is 3. The van der Waals surface area contributed by atoms with Crippen molar-refractivity contribution in [3.63, 3.8) is 0 Å². The summed E-state index contributed by atoms with van der Waals surface area (Å²) in [5, 5.41) is 1.19. The second-order valence-corrected chi connectivity index (χ2v) is 8.40. The number of para-hydroxylation sites is 2. The highest BCUT2D eigenvalue weighted by atomic mass is 35.5. The van der Waals surface area contributed by atoms with Crippen LogP contribution < -0.4 is 21.1 Å². The van der Waals surface area contributed by atoms with Gasteiger partial charge >= 0.3 is 0 Å². The van der Waals surface area contributed by atoms with Crippen LogP contribution >= 0.6 is 23.4 Å². The van der Waals surface area contributed by atoms with Crippen molar-refractivity contribution >= 4 is 46.1 Å². The molecule has 0 bridgehead atoms. The zero-order valence-corrected chi connectivity index (χ0v) is 19.5. The molecular formula is C24H19ClN4O4S. The van der Waals surface area contributed by atoms with Gasteiger partial charge in [-0.2, -0.15) is 0 Å². The number of amides is 2. The summed E-state index contributed by atoms with van der Waals surface area (Å²) in [4.78, 5) is 42.7. The predicted octanol–water partition coefficient (Wildman–Crippen LogP) is 3.60. The maximum Gasteiger partial charge on any atom is 0.273 e. The summed E-state index contributed by atoms with van der Waals surface area (Å²) in [5.74, 6) is -0.841. The minimum Gasteiger partial charge on any atom is -0.496 e. The molecule has 2 amide bonds. The third-order valence-electron chi connectivity index (χ3n) is 4.81. The minimum atomic E-state index is -0.581. The van der Waals surface area contributed by atoms with Crippen molar-refractivity contribution in [2.24, 2.45) is 0 Å². The van der Waals surface area contributed by atoms with Crippen LogP contribution in [-0.4, -0.2) is 34.2 Å². The van der Waals surface area contributed by atoms with E-state index in [0.717, 1.165) is 11.8 Å². The van der Waals surface area contributed by atoms with Gasteiger partial charge in [-0.25, -0.2) is 4.98 Å². The summed E-state index contributed by atoms with van der Waals surface area (Å²) in [6, 6.07) is 20.7. The van der Waals surface area contributed by atoms with Crippen molar-refractivity contribution in [1.29, 1.82) is 0 Å². The van der Waals surface area contributed by atoms with E-state index in [1.54, 1.807) is 48.5 Å². The van der Waals surface area contributed by atoms with Gasteiger partial charge < -0.3 is 4.74 Å². The van der Waals surface area contributed by atoms with Gasteiger partial charge in [0, 0.05) is 5.02 Å². The molecule has 0 spiro atoms. The lowest BCUT2D eigenvalue weighted by Gasteiger charge is -2.13. The van der Waals surface area contributed by atoms with Gasteiger partial charge in [-0.1, -0.05) is 53.7 Å². The first-order valence-corrected chi connectivity index (χ1v) is 11.5. The van der Waals surface area contributed by atoms with E-state index in [0.29, 0.717) is 32.5 Å². The van der Waals surface area contributed by atoms with Gasteiger partial charge in [-0.05, 0) is 42.5 Å². The molecule has 0 saturated carbocycles. The molecule has 1 aromatic heterocycles. The lowest BCUT2D eigenvalue weighted by Crippen LogP contribution is -2.42. The Labute approximate surface area is 203 Å². The average molecular weight is 495 g/mol.